The summed E-state index contributed by atoms with van der Waals surface area (Å²) in [6, 6.07) is 8.51. The van der Waals surface area contributed by atoms with Gasteiger partial charge in [0.05, 0.1) is 17.6 Å². The molecule has 3 rings (SSSR count). The molecule has 1 aromatic carbocycles. The van der Waals surface area contributed by atoms with Gasteiger partial charge in [-0.3, -0.25) is 9.36 Å². The van der Waals surface area contributed by atoms with Crippen LogP contribution < -0.4 is 4.74 Å². The van der Waals surface area contributed by atoms with Crippen molar-refractivity contribution in [3.63, 3.8) is 0 Å². The zero-order valence-corrected chi connectivity index (χ0v) is 10.8. The molecule has 0 fully saturated rings. The molecule has 19 heavy (non-hydrogen) atoms. The van der Waals surface area contributed by atoms with Crippen molar-refractivity contribution in [1.82, 2.24) is 9.55 Å². The Hall–Kier alpha value is -2.04. The van der Waals surface area contributed by atoms with Gasteiger partial charge < -0.3 is 9.47 Å². The molecule has 0 saturated carbocycles. The highest BCUT2D eigenvalue weighted by atomic mass is 16.6. The lowest BCUT2D eigenvalue weighted by Gasteiger charge is -2.10. The molecule has 2 aromatic rings. The molecule has 1 aromatic heterocycles. The van der Waals surface area contributed by atoms with E-state index < -0.39 is 0 Å². The zero-order valence-electron chi connectivity index (χ0n) is 10.8. The van der Waals surface area contributed by atoms with Gasteiger partial charge in [-0.15, -0.1) is 0 Å². The van der Waals surface area contributed by atoms with Gasteiger partial charge in [-0.05, 0) is 18.6 Å². The Labute approximate surface area is 111 Å². The van der Waals surface area contributed by atoms with E-state index in [4.69, 9.17) is 9.47 Å². The topological polar surface area (TPSA) is 53.4 Å². The van der Waals surface area contributed by atoms with Crippen LogP contribution in [-0.4, -0.2) is 28.2 Å². The van der Waals surface area contributed by atoms with Crippen molar-refractivity contribution < 1.29 is 14.3 Å². The van der Waals surface area contributed by atoms with Crippen LogP contribution in [0.3, 0.4) is 0 Å². The van der Waals surface area contributed by atoms with E-state index in [-0.39, 0.29) is 18.7 Å². The van der Waals surface area contributed by atoms with Gasteiger partial charge in [-0.1, -0.05) is 19.1 Å². The van der Waals surface area contributed by atoms with Crippen LogP contribution in [-0.2, 0) is 16.1 Å². The van der Waals surface area contributed by atoms with Crippen LogP contribution in [0.25, 0.3) is 11.0 Å². The Morgan fingerprint density at radius 2 is 2.37 bits per heavy atom. The van der Waals surface area contributed by atoms with E-state index >= 15 is 0 Å². The minimum absolute atomic E-state index is 0.132. The molecular formula is C14H16N2O3. The van der Waals surface area contributed by atoms with Crippen LogP contribution in [0.15, 0.2) is 24.3 Å². The van der Waals surface area contributed by atoms with Gasteiger partial charge >= 0.3 is 5.97 Å². The van der Waals surface area contributed by atoms with Gasteiger partial charge in [0, 0.05) is 6.42 Å². The smallest absolute Gasteiger partial charge is 0.305 e. The second-order valence-electron chi connectivity index (χ2n) is 4.67. The van der Waals surface area contributed by atoms with Crippen molar-refractivity contribution in [2.24, 2.45) is 0 Å². The molecule has 0 spiro atoms. The highest BCUT2D eigenvalue weighted by Gasteiger charge is 2.27. The maximum absolute atomic E-state index is 11.3. The maximum Gasteiger partial charge on any atom is 0.305 e. The number of aromatic nitrogens is 2. The molecule has 1 unspecified atom stereocenters. The molecule has 1 atom stereocenters. The average Bonchev–Trinajstić information content (AvgIpc) is 2.93. The number of fused-ring (bicyclic) bond motifs is 3. The summed E-state index contributed by atoms with van der Waals surface area (Å²) in [4.78, 5) is 15.7. The molecule has 5 nitrogen and oxygen atoms in total. The fourth-order valence-corrected chi connectivity index (χ4v) is 2.26. The molecule has 1 aliphatic heterocycles. The summed E-state index contributed by atoms with van der Waals surface area (Å²) in [5.41, 5.74) is 1.99. The van der Waals surface area contributed by atoms with Gasteiger partial charge in [-0.25, -0.2) is 0 Å². The predicted octanol–water partition coefficient (Wildman–Crippen LogP) is 2.14. The molecule has 5 heteroatoms. The molecule has 100 valence electrons. The van der Waals surface area contributed by atoms with E-state index in [1.165, 1.54) is 0 Å². The molecule has 0 aliphatic carbocycles. The third-order valence-corrected chi connectivity index (χ3v) is 3.16. The number of hydrogen-bond donors (Lipinski definition) is 0. The van der Waals surface area contributed by atoms with Crippen molar-refractivity contribution >= 4 is 17.0 Å². The number of benzene rings is 1. The molecule has 2 heterocycles. The summed E-state index contributed by atoms with van der Waals surface area (Å²) in [5.74, 6) is -0.166. The number of esters is 1. The van der Waals surface area contributed by atoms with E-state index in [0.717, 1.165) is 17.5 Å². The van der Waals surface area contributed by atoms with Gasteiger partial charge in [0.15, 0.2) is 6.10 Å². The highest BCUT2D eigenvalue weighted by molar-refractivity contribution is 5.76. The summed E-state index contributed by atoms with van der Waals surface area (Å²) < 4.78 is 12.9. The standard InChI is InChI=1S/C14H16N2O3/c1-2-5-13(17)18-9-10-8-16-12-7-4-3-6-11(12)15-14(16)19-10/h3-4,6-7,10H,2,5,8-9H2,1H3. The van der Waals surface area contributed by atoms with E-state index in [0.29, 0.717) is 19.0 Å². The summed E-state index contributed by atoms with van der Waals surface area (Å²) in [6.45, 7) is 2.92. The predicted molar refractivity (Wildman–Crippen MR) is 70.0 cm³/mol. The number of rotatable bonds is 4. The number of nitrogens with zero attached hydrogens (tertiary/aromatic N) is 2. The largest absolute Gasteiger partial charge is 0.462 e. The van der Waals surface area contributed by atoms with Crippen LogP contribution in [0.4, 0.5) is 0 Å². The quantitative estimate of drug-likeness (QED) is 0.790. The molecule has 0 amide bonds. The third kappa shape index (κ3) is 2.28. The summed E-state index contributed by atoms with van der Waals surface area (Å²) in [5, 5.41) is 0. The first-order valence-corrected chi connectivity index (χ1v) is 6.55. The highest BCUT2D eigenvalue weighted by Crippen LogP contribution is 2.27. The van der Waals surface area contributed by atoms with Gasteiger partial charge in [0.25, 0.3) is 6.01 Å². The number of hydrogen-bond acceptors (Lipinski definition) is 4. The van der Waals surface area contributed by atoms with Crippen molar-refractivity contribution in [3.8, 4) is 6.01 Å². The first kappa shape index (κ1) is 12.0. The van der Waals surface area contributed by atoms with E-state index in [9.17, 15) is 4.79 Å². The van der Waals surface area contributed by atoms with Crippen molar-refractivity contribution in [1.29, 1.82) is 0 Å². The molecule has 0 saturated heterocycles. The molecular weight excluding hydrogens is 244 g/mol. The van der Waals surface area contributed by atoms with Gasteiger partial charge in [0.2, 0.25) is 0 Å². The Morgan fingerprint density at radius 3 is 3.21 bits per heavy atom. The lowest BCUT2D eigenvalue weighted by atomic mass is 10.3. The number of imidazole rings is 1. The normalized spacial score (nSPS) is 17.2. The van der Waals surface area contributed by atoms with Crippen LogP contribution in [0.1, 0.15) is 19.8 Å². The van der Waals surface area contributed by atoms with Gasteiger partial charge in [-0.2, -0.15) is 4.98 Å². The zero-order chi connectivity index (χ0) is 13.2. The summed E-state index contributed by atoms with van der Waals surface area (Å²) in [7, 11) is 0. The molecule has 0 N–H and O–H groups in total. The lowest BCUT2D eigenvalue weighted by Crippen LogP contribution is -2.23. The van der Waals surface area contributed by atoms with E-state index in [1.807, 2.05) is 35.8 Å². The van der Waals surface area contributed by atoms with Crippen molar-refractivity contribution in [2.75, 3.05) is 6.61 Å². The monoisotopic (exact) mass is 260 g/mol. The van der Waals surface area contributed by atoms with Crippen LogP contribution in [0.2, 0.25) is 0 Å². The van der Waals surface area contributed by atoms with E-state index in [1.54, 1.807) is 0 Å². The molecule has 0 bridgehead atoms. The maximum atomic E-state index is 11.3. The van der Waals surface area contributed by atoms with Crippen LogP contribution in [0, 0.1) is 0 Å². The fourth-order valence-electron chi connectivity index (χ4n) is 2.26. The minimum Gasteiger partial charge on any atom is -0.462 e. The fraction of sp³-hybridized carbons (Fsp3) is 0.429. The third-order valence-electron chi connectivity index (χ3n) is 3.16. The van der Waals surface area contributed by atoms with Crippen molar-refractivity contribution in [3.05, 3.63) is 24.3 Å². The summed E-state index contributed by atoms with van der Waals surface area (Å²) >= 11 is 0. The molecule has 0 radical (unpaired) electrons. The molecule has 1 aliphatic rings. The summed E-state index contributed by atoms with van der Waals surface area (Å²) in [6.07, 6.45) is 1.13. The van der Waals surface area contributed by atoms with Crippen LogP contribution >= 0.6 is 0 Å². The number of carbonyl (C=O) groups excluding carboxylic acids is 1. The average molecular weight is 260 g/mol. The Morgan fingerprint density at radius 1 is 1.53 bits per heavy atom. The van der Waals surface area contributed by atoms with Crippen LogP contribution in [0.5, 0.6) is 6.01 Å². The number of para-hydroxylation sites is 2. The second-order valence-corrected chi connectivity index (χ2v) is 4.67. The second kappa shape index (κ2) is 4.91. The first-order chi connectivity index (χ1) is 9.28. The SMILES string of the molecule is CCCC(=O)OCC1Cn2c(nc3ccccc32)O1. The Balaban J connectivity index is 1.66. The Bertz CT molecular complexity index is 606. The number of ether oxygens (including phenoxy) is 2. The Kier molecular flexibility index (Phi) is 3.11. The van der Waals surface area contributed by atoms with Crippen molar-refractivity contribution in [2.45, 2.75) is 32.4 Å². The lowest BCUT2D eigenvalue weighted by molar-refractivity contribution is -0.145. The first-order valence-electron chi connectivity index (χ1n) is 6.55. The van der Waals surface area contributed by atoms with Gasteiger partial charge in [0.1, 0.15) is 6.61 Å². The number of carbonyl (C=O) groups is 1. The van der Waals surface area contributed by atoms with E-state index in [2.05, 4.69) is 4.98 Å². The minimum atomic E-state index is -0.166.